The van der Waals surface area contributed by atoms with Gasteiger partial charge in [-0.2, -0.15) is 0 Å². The molecule has 142 valence electrons. The highest BCUT2D eigenvalue weighted by Crippen LogP contribution is 2.22. The van der Waals surface area contributed by atoms with Crippen molar-refractivity contribution in [2.75, 3.05) is 18.4 Å². The lowest BCUT2D eigenvalue weighted by atomic mass is 10.1. The van der Waals surface area contributed by atoms with Crippen LogP contribution in [0.1, 0.15) is 42.6 Å². The summed E-state index contributed by atoms with van der Waals surface area (Å²) in [6.07, 6.45) is 2.22. The summed E-state index contributed by atoms with van der Waals surface area (Å²) in [7, 11) is 0. The molecule has 1 aliphatic heterocycles. The molecule has 1 N–H and O–H groups in total. The van der Waals surface area contributed by atoms with Gasteiger partial charge in [0.1, 0.15) is 5.75 Å². The summed E-state index contributed by atoms with van der Waals surface area (Å²) >= 11 is 0. The number of benzene rings is 2. The molecule has 3 rings (SSSR count). The van der Waals surface area contributed by atoms with Gasteiger partial charge < -0.3 is 15.0 Å². The molecule has 0 aliphatic carbocycles. The summed E-state index contributed by atoms with van der Waals surface area (Å²) in [4.78, 5) is 27.2. The van der Waals surface area contributed by atoms with Crippen LogP contribution >= 0.6 is 0 Å². The first-order valence-electron chi connectivity index (χ1n) is 9.54. The Kier molecular flexibility index (Phi) is 6.12. The Morgan fingerprint density at radius 1 is 1.07 bits per heavy atom. The van der Waals surface area contributed by atoms with E-state index in [1.807, 2.05) is 48.2 Å². The lowest BCUT2D eigenvalue weighted by Crippen LogP contribution is -2.32. The number of nitrogens with zero attached hydrogens (tertiary/aromatic N) is 1. The second-order valence-electron chi connectivity index (χ2n) is 6.76. The maximum absolute atomic E-state index is 12.7. The van der Waals surface area contributed by atoms with Crippen LogP contribution in [0, 0.1) is 0 Å². The molecule has 27 heavy (non-hydrogen) atoms. The van der Waals surface area contributed by atoms with Crippen LogP contribution in [0.5, 0.6) is 5.75 Å². The van der Waals surface area contributed by atoms with Crippen molar-refractivity contribution < 1.29 is 14.3 Å². The average Bonchev–Trinajstić information content (AvgIpc) is 3.23. The normalized spacial score (nSPS) is 14.7. The fourth-order valence-corrected chi connectivity index (χ4v) is 3.26. The van der Waals surface area contributed by atoms with Crippen molar-refractivity contribution in [3.63, 3.8) is 0 Å². The first kappa shape index (κ1) is 19.0. The van der Waals surface area contributed by atoms with Gasteiger partial charge in [-0.15, -0.1) is 0 Å². The first-order valence-corrected chi connectivity index (χ1v) is 9.54. The SMILES string of the molecule is CCc1ccccc1O[C@@H](C)C(=O)Nc1ccccc1C(=O)N1CCCC1. The standard InChI is InChI=1S/C22H26N2O3/c1-3-17-10-4-7-13-20(17)27-16(2)21(25)23-19-12-6-5-11-18(19)22(26)24-14-8-9-15-24/h4-7,10-13,16H,3,8-9,14-15H2,1-2H3,(H,23,25)/t16-/m0/s1. The van der Waals surface area contributed by atoms with Gasteiger partial charge in [0.05, 0.1) is 11.3 Å². The molecule has 0 radical (unpaired) electrons. The van der Waals surface area contributed by atoms with E-state index in [0.29, 0.717) is 17.0 Å². The quantitative estimate of drug-likeness (QED) is 0.844. The number of nitrogens with one attached hydrogen (secondary N) is 1. The molecule has 0 aromatic heterocycles. The largest absolute Gasteiger partial charge is 0.481 e. The van der Waals surface area contributed by atoms with E-state index in [1.165, 1.54) is 0 Å². The van der Waals surface area contributed by atoms with E-state index in [1.54, 1.807) is 19.1 Å². The Labute approximate surface area is 160 Å². The lowest BCUT2D eigenvalue weighted by Gasteiger charge is -2.20. The van der Waals surface area contributed by atoms with Crippen LogP contribution in [0.3, 0.4) is 0 Å². The van der Waals surface area contributed by atoms with Crippen LogP contribution in [0.15, 0.2) is 48.5 Å². The zero-order valence-electron chi connectivity index (χ0n) is 15.9. The molecule has 0 bridgehead atoms. The summed E-state index contributed by atoms with van der Waals surface area (Å²) < 4.78 is 5.86. The number of ether oxygens (including phenoxy) is 1. The fourth-order valence-electron chi connectivity index (χ4n) is 3.26. The van der Waals surface area contributed by atoms with E-state index in [2.05, 4.69) is 5.32 Å². The molecule has 2 amide bonds. The van der Waals surface area contributed by atoms with Crippen LogP contribution in [0.4, 0.5) is 5.69 Å². The van der Waals surface area contributed by atoms with Crippen molar-refractivity contribution >= 4 is 17.5 Å². The van der Waals surface area contributed by atoms with Gasteiger partial charge in [-0.3, -0.25) is 9.59 Å². The van der Waals surface area contributed by atoms with Crippen molar-refractivity contribution in [1.29, 1.82) is 0 Å². The maximum atomic E-state index is 12.7. The highest BCUT2D eigenvalue weighted by molar-refractivity contribution is 6.04. The summed E-state index contributed by atoms with van der Waals surface area (Å²) in [5, 5.41) is 2.86. The third-order valence-corrected chi connectivity index (χ3v) is 4.84. The summed E-state index contributed by atoms with van der Waals surface area (Å²) in [5.74, 6) is 0.403. The molecule has 5 heteroatoms. The van der Waals surface area contributed by atoms with Gasteiger partial charge in [0, 0.05) is 13.1 Å². The van der Waals surface area contributed by atoms with Crippen LogP contribution in [-0.2, 0) is 11.2 Å². The van der Waals surface area contributed by atoms with E-state index in [9.17, 15) is 9.59 Å². The van der Waals surface area contributed by atoms with E-state index in [4.69, 9.17) is 4.74 Å². The Balaban J connectivity index is 1.71. The second-order valence-corrected chi connectivity index (χ2v) is 6.76. The van der Waals surface area contributed by atoms with Crippen molar-refractivity contribution in [1.82, 2.24) is 4.90 Å². The van der Waals surface area contributed by atoms with E-state index >= 15 is 0 Å². The minimum atomic E-state index is -0.673. The van der Waals surface area contributed by atoms with Gasteiger partial charge in [0.25, 0.3) is 11.8 Å². The van der Waals surface area contributed by atoms with Crippen LogP contribution in [0.2, 0.25) is 0 Å². The van der Waals surface area contributed by atoms with Gasteiger partial charge in [0.15, 0.2) is 6.10 Å². The Bertz CT molecular complexity index is 813. The smallest absolute Gasteiger partial charge is 0.265 e. The molecule has 2 aromatic rings. The molecule has 1 atom stereocenters. The average molecular weight is 366 g/mol. The van der Waals surface area contributed by atoms with Gasteiger partial charge in [-0.1, -0.05) is 37.3 Å². The molecule has 5 nitrogen and oxygen atoms in total. The van der Waals surface area contributed by atoms with E-state index < -0.39 is 6.10 Å². The van der Waals surface area contributed by atoms with Gasteiger partial charge in [-0.25, -0.2) is 0 Å². The third-order valence-electron chi connectivity index (χ3n) is 4.84. The molecule has 1 saturated heterocycles. The number of rotatable bonds is 6. The molecular formula is C22H26N2O3. The summed E-state index contributed by atoms with van der Waals surface area (Å²) in [6, 6.07) is 14.9. The minimum absolute atomic E-state index is 0.0340. The number of carbonyl (C=O) groups is 2. The predicted molar refractivity (Wildman–Crippen MR) is 106 cm³/mol. The number of hydrogen-bond donors (Lipinski definition) is 1. The number of carbonyl (C=O) groups excluding carboxylic acids is 2. The minimum Gasteiger partial charge on any atom is -0.481 e. The van der Waals surface area contributed by atoms with Crippen molar-refractivity contribution in [3.05, 3.63) is 59.7 Å². The number of amides is 2. The molecule has 1 aliphatic rings. The molecule has 2 aromatic carbocycles. The van der Waals surface area contributed by atoms with Crippen LogP contribution in [0.25, 0.3) is 0 Å². The van der Waals surface area contributed by atoms with Crippen LogP contribution < -0.4 is 10.1 Å². The van der Waals surface area contributed by atoms with E-state index in [0.717, 1.165) is 37.9 Å². The monoisotopic (exact) mass is 366 g/mol. The number of anilines is 1. The van der Waals surface area contributed by atoms with Crippen LogP contribution in [-0.4, -0.2) is 35.9 Å². The summed E-state index contributed by atoms with van der Waals surface area (Å²) in [6.45, 7) is 5.31. The summed E-state index contributed by atoms with van der Waals surface area (Å²) in [5.41, 5.74) is 2.11. The highest BCUT2D eigenvalue weighted by Gasteiger charge is 2.23. The number of para-hydroxylation sites is 2. The van der Waals surface area contributed by atoms with Crippen molar-refractivity contribution in [3.8, 4) is 5.75 Å². The zero-order valence-corrected chi connectivity index (χ0v) is 15.9. The lowest BCUT2D eigenvalue weighted by molar-refractivity contribution is -0.122. The number of likely N-dealkylation sites (tertiary alicyclic amines) is 1. The molecule has 1 fully saturated rings. The zero-order chi connectivity index (χ0) is 19.2. The highest BCUT2D eigenvalue weighted by atomic mass is 16.5. The first-order chi connectivity index (χ1) is 13.1. The molecule has 1 heterocycles. The molecular weight excluding hydrogens is 340 g/mol. The van der Waals surface area contributed by atoms with Crippen molar-refractivity contribution in [2.24, 2.45) is 0 Å². The van der Waals surface area contributed by atoms with Gasteiger partial charge >= 0.3 is 0 Å². The van der Waals surface area contributed by atoms with Crippen molar-refractivity contribution in [2.45, 2.75) is 39.2 Å². The Hall–Kier alpha value is -2.82. The molecule has 0 spiro atoms. The number of aryl methyl sites for hydroxylation is 1. The van der Waals surface area contributed by atoms with E-state index in [-0.39, 0.29) is 11.8 Å². The Morgan fingerprint density at radius 3 is 2.48 bits per heavy atom. The molecule has 0 unspecified atom stereocenters. The molecule has 0 saturated carbocycles. The Morgan fingerprint density at radius 2 is 1.74 bits per heavy atom. The fraction of sp³-hybridized carbons (Fsp3) is 0.364. The maximum Gasteiger partial charge on any atom is 0.265 e. The second kappa shape index (κ2) is 8.71. The third kappa shape index (κ3) is 4.48. The van der Waals surface area contributed by atoms with Gasteiger partial charge in [0.2, 0.25) is 0 Å². The van der Waals surface area contributed by atoms with Gasteiger partial charge in [-0.05, 0) is 49.9 Å². The topological polar surface area (TPSA) is 58.6 Å². The predicted octanol–water partition coefficient (Wildman–Crippen LogP) is 3.89. The number of hydrogen-bond acceptors (Lipinski definition) is 3.